The lowest BCUT2D eigenvalue weighted by molar-refractivity contribution is -0.141. The molecule has 0 atom stereocenters. The van der Waals surface area contributed by atoms with Crippen molar-refractivity contribution >= 4 is 11.4 Å². The van der Waals surface area contributed by atoms with Gasteiger partial charge in [0.25, 0.3) is 0 Å². The number of alkyl halides is 3. The van der Waals surface area contributed by atoms with Gasteiger partial charge in [-0.1, -0.05) is 32.9 Å². The first-order valence-electron chi connectivity index (χ1n) is 8.49. The summed E-state index contributed by atoms with van der Waals surface area (Å²) < 4.78 is 38.3. The summed E-state index contributed by atoms with van der Waals surface area (Å²) in [6.07, 6.45) is -2.90. The van der Waals surface area contributed by atoms with Crippen molar-refractivity contribution in [3.63, 3.8) is 0 Å². The van der Waals surface area contributed by atoms with Crippen molar-refractivity contribution in [1.82, 2.24) is 15.2 Å². The quantitative estimate of drug-likeness (QED) is 0.653. The highest BCUT2D eigenvalue weighted by molar-refractivity contribution is 5.68. The van der Waals surface area contributed by atoms with Crippen LogP contribution in [0.2, 0.25) is 0 Å². The summed E-state index contributed by atoms with van der Waals surface area (Å²) in [5.74, 6) is 0. The lowest BCUT2D eigenvalue weighted by atomic mass is 9.87. The predicted molar refractivity (Wildman–Crippen MR) is 100 cm³/mol. The SMILES string of the molecule is CN(c1ccc(C(C)(C)C)cc1)c1ccnc(-c2cc(C(F)(F)F)[nH]n2)c1. The third-order valence-electron chi connectivity index (χ3n) is 4.40. The van der Waals surface area contributed by atoms with Gasteiger partial charge >= 0.3 is 6.18 Å². The number of nitrogens with one attached hydrogen (secondary N) is 1. The van der Waals surface area contributed by atoms with Crippen LogP contribution in [0, 0.1) is 0 Å². The Balaban J connectivity index is 1.88. The number of benzene rings is 1. The Morgan fingerprint density at radius 3 is 2.11 bits per heavy atom. The second-order valence-corrected chi connectivity index (χ2v) is 7.42. The van der Waals surface area contributed by atoms with Gasteiger partial charge in [0, 0.05) is 24.6 Å². The molecule has 1 N–H and O–H groups in total. The number of anilines is 2. The van der Waals surface area contributed by atoms with E-state index in [-0.39, 0.29) is 11.1 Å². The largest absolute Gasteiger partial charge is 0.432 e. The molecule has 2 aromatic heterocycles. The van der Waals surface area contributed by atoms with Crippen LogP contribution in [0.3, 0.4) is 0 Å². The molecule has 0 aliphatic rings. The minimum atomic E-state index is -4.46. The van der Waals surface area contributed by atoms with Gasteiger partial charge in [-0.15, -0.1) is 0 Å². The molecule has 0 saturated carbocycles. The third-order valence-corrected chi connectivity index (χ3v) is 4.40. The summed E-state index contributed by atoms with van der Waals surface area (Å²) in [4.78, 5) is 6.10. The summed E-state index contributed by atoms with van der Waals surface area (Å²) in [5.41, 5.74) is 2.70. The summed E-state index contributed by atoms with van der Waals surface area (Å²) in [5, 5.41) is 5.75. The van der Waals surface area contributed by atoms with Gasteiger partial charge in [0.05, 0.1) is 5.69 Å². The van der Waals surface area contributed by atoms with Gasteiger partial charge in [-0.05, 0) is 41.3 Å². The molecule has 142 valence electrons. The highest BCUT2D eigenvalue weighted by Crippen LogP contribution is 2.32. The van der Waals surface area contributed by atoms with E-state index < -0.39 is 11.9 Å². The Labute approximate surface area is 156 Å². The topological polar surface area (TPSA) is 44.8 Å². The smallest absolute Gasteiger partial charge is 0.345 e. The Morgan fingerprint density at radius 2 is 1.56 bits per heavy atom. The Kier molecular flexibility index (Phi) is 4.71. The average Bonchev–Trinajstić information content (AvgIpc) is 3.11. The third kappa shape index (κ3) is 4.13. The van der Waals surface area contributed by atoms with Gasteiger partial charge in [0.15, 0.2) is 0 Å². The summed E-state index contributed by atoms with van der Waals surface area (Å²) >= 11 is 0. The molecule has 0 radical (unpaired) electrons. The van der Waals surface area contributed by atoms with E-state index in [4.69, 9.17) is 0 Å². The molecule has 0 fully saturated rings. The average molecular weight is 374 g/mol. The van der Waals surface area contributed by atoms with Crippen LogP contribution in [-0.4, -0.2) is 22.2 Å². The van der Waals surface area contributed by atoms with E-state index in [1.165, 1.54) is 5.56 Å². The molecule has 4 nitrogen and oxygen atoms in total. The number of hydrogen-bond acceptors (Lipinski definition) is 3. The standard InChI is InChI=1S/C20H21F3N4/c1-19(2,3)13-5-7-14(8-6-13)27(4)15-9-10-24-16(11-15)17-12-18(26-25-17)20(21,22)23/h5-12H,1-4H3,(H,25,26). The first kappa shape index (κ1) is 18.9. The highest BCUT2D eigenvalue weighted by atomic mass is 19.4. The van der Waals surface area contributed by atoms with Crippen LogP contribution in [0.15, 0.2) is 48.7 Å². The van der Waals surface area contributed by atoms with Crippen LogP contribution >= 0.6 is 0 Å². The van der Waals surface area contributed by atoms with Crippen molar-refractivity contribution in [2.75, 3.05) is 11.9 Å². The van der Waals surface area contributed by atoms with E-state index in [2.05, 4.69) is 43.0 Å². The van der Waals surface area contributed by atoms with E-state index in [0.717, 1.165) is 17.4 Å². The van der Waals surface area contributed by atoms with Crippen LogP contribution in [-0.2, 0) is 11.6 Å². The summed E-state index contributed by atoms with van der Waals surface area (Å²) in [6, 6.07) is 12.7. The van der Waals surface area contributed by atoms with Crippen molar-refractivity contribution < 1.29 is 13.2 Å². The van der Waals surface area contributed by atoms with Gasteiger partial charge < -0.3 is 4.90 Å². The minimum Gasteiger partial charge on any atom is -0.345 e. The molecule has 0 spiro atoms. The zero-order valence-electron chi connectivity index (χ0n) is 15.6. The van der Waals surface area contributed by atoms with Crippen molar-refractivity contribution in [2.45, 2.75) is 32.4 Å². The molecular formula is C20H21F3N4. The van der Waals surface area contributed by atoms with Crippen molar-refractivity contribution in [3.05, 3.63) is 59.9 Å². The normalized spacial score (nSPS) is 12.3. The van der Waals surface area contributed by atoms with Gasteiger partial charge in [-0.2, -0.15) is 18.3 Å². The molecule has 3 aromatic rings. The Bertz CT molecular complexity index is 921. The number of rotatable bonds is 3. The van der Waals surface area contributed by atoms with Crippen LogP contribution in [0.4, 0.5) is 24.5 Å². The van der Waals surface area contributed by atoms with E-state index in [1.807, 2.05) is 29.2 Å². The fourth-order valence-corrected chi connectivity index (χ4v) is 2.70. The second kappa shape index (κ2) is 6.72. The number of H-pyrrole nitrogens is 1. The first-order chi connectivity index (χ1) is 12.6. The monoisotopic (exact) mass is 374 g/mol. The number of aromatic nitrogens is 3. The number of aromatic amines is 1. The highest BCUT2D eigenvalue weighted by Gasteiger charge is 2.33. The van der Waals surface area contributed by atoms with Crippen LogP contribution < -0.4 is 4.90 Å². The lowest BCUT2D eigenvalue weighted by Gasteiger charge is -2.23. The number of hydrogen-bond donors (Lipinski definition) is 1. The first-order valence-corrected chi connectivity index (χ1v) is 8.49. The van der Waals surface area contributed by atoms with E-state index in [9.17, 15) is 13.2 Å². The summed E-state index contributed by atoms with van der Waals surface area (Å²) in [6.45, 7) is 6.46. The van der Waals surface area contributed by atoms with Crippen molar-refractivity contribution in [3.8, 4) is 11.4 Å². The zero-order valence-corrected chi connectivity index (χ0v) is 15.6. The number of nitrogens with zero attached hydrogens (tertiary/aromatic N) is 3. The van der Waals surface area contributed by atoms with E-state index >= 15 is 0 Å². The molecule has 0 unspecified atom stereocenters. The van der Waals surface area contributed by atoms with Crippen molar-refractivity contribution in [2.24, 2.45) is 0 Å². The Morgan fingerprint density at radius 1 is 0.889 bits per heavy atom. The molecule has 0 aliphatic carbocycles. The zero-order chi connectivity index (χ0) is 19.8. The fourth-order valence-electron chi connectivity index (χ4n) is 2.70. The summed E-state index contributed by atoms with van der Waals surface area (Å²) in [7, 11) is 1.90. The van der Waals surface area contributed by atoms with Gasteiger partial charge in [0.1, 0.15) is 11.4 Å². The molecule has 27 heavy (non-hydrogen) atoms. The molecule has 3 rings (SSSR count). The molecular weight excluding hydrogens is 353 g/mol. The van der Waals surface area contributed by atoms with Gasteiger partial charge in [-0.25, -0.2) is 0 Å². The molecule has 7 heteroatoms. The van der Waals surface area contributed by atoms with E-state index in [0.29, 0.717) is 5.69 Å². The predicted octanol–water partition coefficient (Wildman–Crippen LogP) is 5.56. The maximum atomic E-state index is 12.8. The van der Waals surface area contributed by atoms with Crippen LogP contribution in [0.25, 0.3) is 11.4 Å². The van der Waals surface area contributed by atoms with Gasteiger partial charge in [0.2, 0.25) is 0 Å². The maximum Gasteiger partial charge on any atom is 0.432 e. The lowest BCUT2D eigenvalue weighted by Crippen LogP contribution is -2.13. The minimum absolute atomic E-state index is 0.0665. The molecule has 1 aromatic carbocycles. The second-order valence-electron chi connectivity index (χ2n) is 7.42. The molecule has 0 aliphatic heterocycles. The molecule has 0 saturated heterocycles. The van der Waals surface area contributed by atoms with Gasteiger partial charge in [-0.3, -0.25) is 10.1 Å². The molecule has 0 bridgehead atoms. The number of halogens is 3. The maximum absolute atomic E-state index is 12.8. The van der Waals surface area contributed by atoms with Crippen LogP contribution in [0.5, 0.6) is 0 Å². The van der Waals surface area contributed by atoms with Crippen molar-refractivity contribution in [1.29, 1.82) is 0 Å². The molecule has 2 heterocycles. The molecule has 0 amide bonds. The van der Waals surface area contributed by atoms with E-state index in [1.54, 1.807) is 18.3 Å². The van der Waals surface area contributed by atoms with Crippen LogP contribution in [0.1, 0.15) is 32.0 Å². The Hall–Kier alpha value is -2.83. The fraction of sp³-hybridized carbons (Fsp3) is 0.300. The number of pyridine rings is 1.